The minimum atomic E-state index is -0.0574. The second-order valence-electron chi connectivity index (χ2n) is 5.07. The summed E-state index contributed by atoms with van der Waals surface area (Å²) < 4.78 is 5.38. The molecule has 4 heteroatoms. The average molecular weight is 346 g/mol. The molecule has 3 nitrogen and oxygen atoms in total. The van der Waals surface area contributed by atoms with Crippen molar-refractivity contribution in [3.05, 3.63) is 70.8 Å². The van der Waals surface area contributed by atoms with Crippen molar-refractivity contribution in [3.63, 3.8) is 0 Å². The van der Waals surface area contributed by atoms with Gasteiger partial charge in [0, 0.05) is 10.9 Å². The Morgan fingerprint density at radius 3 is 2.67 bits per heavy atom. The van der Waals surface area contributed by atoms with Crippen LogP contribution in [-0.4, -0.2) is 11.2 Å². The van der Waals surface area contributed by atoms with Crippen molar-refractivity contribution in [2.75, 3.05) is 5.33 Å². The van der Waals surface area contributed by atoms with Gasteiger partial charge in [-0.25, -0.2) is 0 Å². The summed E-state index contributed by atoms with van der Waals surface area (Å²) in [6, 6.07) is 15.7. The lowest BCUT2D eigenvalue weighted by Gasteiger charge is -2.17. The molecule has 0 spiro atoms. The number of hydrogen-bond donors (Lipinski definition) is 1. The van der Waals surface area contributed by atoms with E-state index < -0.39 is 0 Å². The van der Waals surface area contributed by atoms with Crippen LogP contribution in [0.5, 0.6) is 0 Å². The highest BCUT2D eigenvalue weighted by Gasteiger charge is 2.17. The van der Waals surface area contributed by atoms with E-state index in [1.54, 1.807) is 0 Å². The second-order valence-corrected chi connectivity index (χ2v) is 5.71. The molecular weight excluding hydrogens is 330 g/mol. The average Bonchev–Trinajstić information content (AvgIpc) is 3.00. The third kappa shape index (κ3) is 3.17. The minimum absolute atomic E-state index is 0.0387. The molecule has 2 aromatic carbocycles. The highest BCUT2D eigenvalue weighted by atomic mass is 79.9. The molecule has 1 N–H and O–H groups in total. The molecule has 0 saturated heterocycles. The van der Waals surface area contributed by atoms with Crippen LogP contribution in [-0.2, 0) is 18.0 Å². The van der Waals surface area contributed by atoms with Gasteiger partial charge in [0.2, 0.25) is 0 Å². The van der Waals surface area contributed by atoms with Crippen LogP contribution in [0.3, 0.4) is 0 Å². The summed E-state index contributed by atoms with van der Waals surface area (Å²) in [5.41, 5.74) is 4.05. The zero-order chi connectivity index (χ0) is 14.7. The van der Waals surface area contributed by atoms with E-state index in [-0.39, 0.29) is 11.9 Å². The molecule has 21 heavy (non-hydrogen) atoms. The lowest BCUT2D eigenvalue weighted by molar-refractivity contribution is 0.0940. The number of carbonyl (C=O) groups excluding carboxylic acids is 1. The fraction of sp³-hybridized carbons (Fsp3) is 0.235. The standard InChI is InChI=1S/C17H16BrNO2/c18-9-16(12-4-2-1-3-5-12)19-17(20)13-6-7-14-10-21-11-15(14)8-13/h1-8,16H,9-11H2,(H,19,20). The Hall–Kier alpha value is -1.65. The van der Waals surface area contributed by atoms with Crippen molar-refractivity contribution in [3.8, 4) is 0 Å². The molecule has 108 valence electrons. The van der Waals surface area contributed by atoms with Crippen LogP contribution in [0, 0.1) is 0 Å². The molecule has 1 atom stereocenters. The molecule has 1 aliphatic heterocycles. The van der Waals surface area contributed by atoms with Crippen molar-refractivity contribution in [1.29, 1.82) is 0 Å². The van der Waals surface area contributed by atoms with Crippen LogP contribution >= 0.6 is 15.9 Å². The highest BCUT2D eigenvalue weighted by molar-refractivity contribution is 9.09. The Morgan fingerprint density at radius 2 is 1.90 bits per heavy atom. The fourth-order valence-corrected chi connectivity index (χ4v) is 2.99. The van der Waals surface area contributed by atoms with Crippen molar-refractivity contribution >= 4 is 21.8 Å². The number of halogens is 1. The van der Waals surface area contributed by atoms with Gasteiger partial charge in [-0.05, 0) is 28.8 Å². The van der Waals surface area contributed by atoms with E-state index in [4.69, 9.17) is 4.74 Å². The number of alkyl halides is 1. The van der Waals surface area contributed by atoms with Crippen molar-refractivity contribution < 1.29 is 9.53 Å². The molecule has 2 aromatic rings. The van der Waals surface area contributed by atoms with Gasteiger partial charge < -0.3 is 10.1 Å². The maximum absolute atomic E-state index is 12.4. The first kappa shape index (κ1) is 14.3. The van der Waals surface area contributed by atoms with E-state index in [1.165, 1.54) is 5.56 Å². The normalized spacial score (nSPS) is 14.5. The van der Waals surface area contributed by atoms with E-state index in [9.17, 15) is 4.79 Å². The van der Waals surface area contributed by atoms with Crippen molar-refractivity contribution in [2.24, 2.45) is 0 Å². The van der Waals surface area contributed by atoms with Crippen molar-refractivity contribution in [1.82, 2.24) is 5.32 Å². The number of nitrogens with one attached hydrogen (secondary N) is 1. The van der Waals surface area contributed by atoms with Crippen LogP contribution in [0.2, 0.25) is 0 Å². The summed E-state index contributed by atoms with van der Waals surface area (Å²) >= 11 is 3.47. The maximum atomic E-state index is 12.4. The maximum Gasteiger partial charge on any atom is 0.251 e. The SMILES string of the molecule is O=C(NC(CBr)c1ccccc1)c1ccc2c(c1)COC2. The largest absolute Gasteiger partial charge is 0.372 e. The van der Waals surface area contributed by atoms with Gasteiger partial charge in [-0.15, -0.1) is 0 Å². The molecule has 3 rings (SSSR count). The summed E-state index contributed by atoms with van der Waals surface area (Å²) in [5, 5.41) is 3.74. The molecule has 0 bridgehead atoms. The first-order valence-electron chi connectivity index (χ1n) is 6.89. The molecule has 0 radical (unpaired) electrons. The summed E-state index contributed by atoms with van der Waals surface area (Å²) in [5.74, 6) is -0.0574. The van der Waals surface area contributed by atoms with E-state index in [0.717, 1.165) is 11.1 Å². The number of benzene rings is 2. The number of hydrogen-bond acceptors (Lipinski definition) is 2. The molecular formula is C17H16BrNO2. The molecule has 1 aliphatic rings. The Morgan fingerprint density at radius 1 is 1.14 bits per heavy atom. The smallest absolute Gasteiger partial charge is 0.251 e. The lowest BCUT2D eigenvalue weighted by atomic mass is 10.0. The summed E-state index contributed by atoms with van der Waals surface area (Å²) in [7, 11) is 0. The van der Waals surface area contributed by atoms with Crippen LogP contribution < -0.4 is 5.32 Å². The van der Waals surface area contributed by atoms with Gasteiger partial charge in [-0.3, -0.25) is 4.79 Å². The van der Waals surface area contributed by atoms with Crippen LogP contribution in [0.4, 0.5) is 0 Å². The summed E-state index contributed by atoms with van der Waals surface area (Å²) in [6.07, 6.45) is 0. The Labute approximate surface area is 132 Å². The summed E-state index contributed by atoms with van der Waals surface area (Å²) in [4.78, 5) is 12.4. The fourth-order valence-electron chi connectivity index (χ4n) is 2.45. The Balaban J connectivity index is 1.76. The first-order chi connectivity index (χ1) is 10.3. The van der Waals surface area contributed by atoms with Crippen molar-refractivity contribution in [2.45, 2.75) is 19.3 Å². The predicted octanol–water partition coefficient (Wildman–Crippen LogP) is 3.58. The molecule has 1 unspecified atom stereocenters. The van der Waals surface area contributed by atoms with Crippen LogP contribution in [0.15, 0.2) is 48.5 Å². The van der Waals surface area contributed by atoms with E-state index >= 15 is 0 Å². The quantitative estimate of drug-likeness (QED) is 0.860. The van der Waals surface area contributed by atoms with E-state index in [0.29, 0.717) is 24.1 Å². The minimum Gasteiger partial charge on any atom is -0.372 e. The van der Waals surface area contributed by atoms with Gasteiger partial charge in [0.05, 0.1) is 19.3 Å². The Bertz CT molecular complexity index is 642. The molecule has 1 heterocycles. The number of carbonyl (C=O) groups is 1. The zero-order valence-corrected chi connectivity index (χ0v) is 13.1. The molecule has 0 aliphatic carbocycles. The van der Waals surface area contributed by atoms with E-state index in [1.807, 2.05) is 48.5 Å². The van der Waals surface area contributed by atoms with Gasteiger partial charge in [0.25, 0.3) is 5.91 Å². The Kier molecular flexibility index (Phi) is 4.36. The van der Waals surface area contributed by atoms with E-state index in [2.05, 4.69) is 21.2 Å². The van der Waals surface area contributed by atoms with Gasteiger partial charge in [0.15, 0.2) is 0 Å². The monoisotopic (exact) mass is 345 g/mol. The predicted molar refractivity (Wildman–Crippen MR) is 85.4 cm³/mol. The third-order valence-corrected chi connectivity index (χ3v) is 4.29. The van der Waals surface area contributed by atoms with Gasteiger partial charge in [-0.1, -0.05) is 52.3 Å². The van der Waals surface area contributed by atoms with Crippen LogP contribution in [0.1, 0.15) is 33.1 Å². The molecule has 0 saturated carbocycles. The lowest BCUT2D eigenvalue weighted by Crippen LogP contribution is -2.29. The van der Waals surface area contributed by atoms with Gasteiger partial charge >= 0.3 is 0 Å². The highest BCUT2D eigenvalue weighted by Crippen LogP contribution is 2.22. The van der Waals surface area contributed by atoms with Gasteiger partial charge in [0.1, 0.15) is 0 Å². The summed E-state index contributed by atoms with van der Waals surface area (Å²) in [6.45, 7) is 1.24. The molecule has 0 aromatic heterocycles. The number of rotatable bonds is 4. The number of ether oxygens (including phenoxy) is 1. The third-order valence-electron chi connectivity index (χ3n) is 3.65. The first-order valence-corrected chi connectivity index (χ1v) is 8.01. The zero-order valence-electron chi connectivity index (χ0n) is 11.5. The number of fused-ring (bicyclic) bond motifs is 1. The molecule has 0 fully saturated rings. The number of amides is 1. The van der Waals surface area contributed by atoms with Gasteiger partial charge in [-0.2, -0.15) is 0 Å². The topological polar surface area (TPSA) is 38.3 Å². The molecule has 1 amide bonds. The second kappa shape index (κ2) is 6.41. The van der Waals surface area contributed by atoms with Crippen LogP contribution in [0.25, 0.3) is 0 Å².